The molecule has 0 saturated carbocycles. The molecule has 0 spiro atoms. The summed E-state index contributed by atoms with van der Waals surface area (Å²) in [5, 5.41) is 3.33. The van der Waals surface area contributed by atoms with E-state index in [-0.39, 0.29) is 11.5 Å². The van der Waals surface area contributed by atoms with Crippen molar-refractivity contribution < 1.29 is 13.2 Å². The molecule has 0 aliphatic carbocycles. The maximum absolute atomic E-state index is 13.5. The van der Waals surface area contributed by atoms with Crippen LogP contribution in [0.2, 0.25) is 0 Å². The number of halogens is 2. The van der Waals surface area contributed by atoms with Crippen molar-refractivity contribution in [2.75, 3.05) is 6.54 Å². The average Bonchev–Trinajstić information content (AvgIpc) is 2.80. The number of piperidine rings is 1. The van der Waals surface area contributed by atoms with Crippen molar-refractivity contribution in [1.29, 1.82) is 0 Å². The lowest BCUT2D eigenvalue weighted by Gasteiger charge is -2.25. The molecule has 1 saturated heterocycles. The Kier molecular flexibility index (Phi) is 2.78. The third kappa shape index (κ3) is 1.88. The zero-order valence-electron chi connectivity index (χ0n) is 10.0. The lowest BCUT2D eigenvalue weighted by Crippen LogP contribution is -2.35. The summed E-state index contributed by atoms with van der Waals surface area (Å²) in [7, 11) is 0. The highest BCUT2D eigenvalue weighted by molar-refractivity contribution is 5.73. The van der Waals surface area contributed by atoms with Crippen LogP contribution in [0.4, 0.5) is 8.78 Å². The fraction of sp³-hybridized carbons (Fsp3) is 0.462. The van der Waals surface area contributed by atoms with Crippen LogP contribution in [0.3, 0.4) is 0 Å². The summed E-state index contributed by atoms with van der Waals surface area (Å²) in [4.78, 5) is 4.25. The second kappa shape index (κ2) is 4.31. The van der Waals surface area contributed by atoms with Gasteiger partial charge in [0.25, 0.3) is 0 Å². The Balaban J connectivity index is 1.96. The molecule has 5 heteroatoms. The molecule has 1 fully saturated rings. The molecule has 3 rings (SSSR count). The molecule has 0 radical (unpaired) electrons. The van der Waals surface area contributed by atoms with E-state index in [1.807, 2.05) is 0 Å². The van der Waals surface area contributed by atoms with Crippen molar-refractivity contribution in [2.24, 2.45) is 0 Å². The molecule has 0 unspecified atom stereocenters. The molecule has 3 nitrogen and oxygen atoms in total. The molecule has 2 atom stereocenters. The second-order valence-corrected chi connectivity index (χ2v) is 4.85. The van der Waals surface area contributed by atoms with Crippen LogP contribution in [0.25, 0.3) is 11.1 Å². The van der Waals surface area contributed by atoms with Crippen LogP contribution in [-0.2, 0) is 0 Å². The molecular formula is C13H14F2N2O. The van der Waals surface area contributed by atoms with Crippen LogP contribution in [0.5, 0.6) is 0 Å². The minimum atomic E-state index is -0.955. The normalized spacial score (nSPS) is 24.6. The molecule has 1 aliphatic heterocycles. The predicted molar refractivity (Wildman–Crippen MR) is 63.4 cm³/mol. The van der Waals surface area contributed by atoms with E-state index < -0.39 is 11.6 Å². The lowest BCUT2D eigenvalue weighted by atomic mass is 9.95. The van der Waals surface area contributed by atoms with Gasteiger partial charge in [0.05, 0.1) is 0 Å². The SMILES string of the molecule is C[C@@H]1CC[C@@H](c2nc3ccc(F)c(F)c3o2)CN1. The van der Waals surface area contributed by atoms with Crippen molar-refractivity contribution in [2.45, 2.75) is 31.7 Å². The van der Waals surface area contributed by atoms with Gasteiger partial charge >= 0.3 is 0 Å². The molecule has 0 amide bonds. The summed E-state index contributed by atoms with van der Waals surface area (Å²) in [6.07, 6.45) is 1.98. The molecule has 18 heavy (non-hydrogen) atoms. The third-order valence-electron chi connectivity index (χ3n) is 3.48. The van der Waals surface area contributed by atoms with Gasteiger partial charge in [0.2, 0.25) is 5.82 Å². The van der Waals surface area contributed by atoms with Crippen molar-refractivity contribution in [3.8, 4) is 0 Å². The Bertz CT molecular complexity index is 574. The van der Waals surface area contributed by atoms with Crippen molar-refractivity contribution in [1.82, 2.24) is 10.3 Å². The Labute approximate surface area is 103 Å². The Morgan fingerprint density at radius 2 is 2.17 bits per heavy atom. The standard InChI is InChI=1S/C13H14F2N2O/c1-7-2-3-8(6-16-7)13-17-10-5-4-9(14)11(15)12(10)18-13/h4-5,7-8,16H,2-3,6H2,1H3/t7-,8-/m1/s1. The number of hydrogen-bond acceptors (Lipinski definition) is 3. The lowest BCUT2D eigenvalue weighted by molar-refractivity contribution is 0.339. The maximum Gasteiger partial charge on any atom is 0.203 e. The molecule has 0 bridgehead atoms. The van der Waals surface area contributed by atoms with E-state index in [9.17, 15) is 8.78 Å². The smallest absolute Gasteiger partial charge is 0.203 e. The fourth-order valence-electron chi connectivity index (χ4n) is 2.34. The Hall–Kier alpha value is -1.49. The minimum Gasteiger partial charge on any atom is -0.437 e. The number of aromatic nitrogens is 1. The summed E-state index contributed by atoms with van der Waals surface area (Å²) >= 11 is 0. The van der Waals surface area contributed by atoms with Crippen LogP contribution in [0.15, 0.2) is 16.5 Å². The van der Waals surface area contributed by atoms with E-state index >= 15 is 0 Å². The van der Waals surface area contributed by atoms with Gasteiger partial charge in [-0.15, -0.1) is 0 Å². The van der Waals surface area contributed by atoms with E-state index in [4.69, 9.17) is 4.42 Å². The number of rotatable bonds is 1. The quantitative estimate of drug-likeness (QED) is 0.848. The Morgan fingerprint density at radius 3 is 2.89 bits per heavy atom. The first-order chi connectivity index (χ1) is 8.65. The van der Waals surface area contributed by atoms with Crippen LogP contribution in [0, 0.1) is 11.6 Å². The number of nitrogens with one attached hydrogen (secondary N) is 1. The van der Waals surface area contributed by atoms with Crippen LogP contribution in [-0.4, -0.2) is 17.6 Å². The van der Waals surface area contributed by atoms with E-state index in [0.29, 0.717) is 17.4 Å². The molecule has 96 valence electrons. The number of benzene rings is 1. The zero-order chi connectivity index (χ0) is 12.7. The average molecular weight is 252 g/mol. The minimum absolute atomic E-state index is 0.0800. The molecule has 1 aromatic carbocycles. The van der Waals surface area contributed by atoms with Gasteiger partial charge in [0.15, 0.2) is 17.3 Å². The first-order valence-electron chi connectivity index (χ1n) is 6.13. The van der Waals surface area contributed by atoms with Gasteiger partial charge < -0.3 is 9.73 Å². The molecule has 1 N–H and O–H groups in total. The number of hydrogen-bond donors (Lipinski definition) is 1. The monoisotopic (exact) mass is 252 g/mol. The van der Waals surface area contributed by atoms with Crippen LogP contribution in [0.1, 0.15) is 31.6 Å². The van der Waals surface area contributed by atoms with Crippen molar-refractivity contribution >= 4 is 11.1 Å². The largest absolute Gasteiger partial charge is 0.437 e. The summed E-state index contributed by atoms with van der Waals surface area (Å²) in [6.45, 7) is 2.88. The van der Waals surface area contributed by atoms with Crippen LogP contribution >= 0.6 is 0 Å². The Morgan fingerprint density at radius 1 is 1.33 bits per heavy atom. The summed E-state index contributed by atoms with van der Waals surface area (Å²) in [5.41, 5.74) is 0.297. The van der Waals surface area contributed by atoms with Gasteiger partial charge in [-0.05, 0) is 31.9 Å². The molecule has 2 heterocycles. The van der Waals surface area contributed by atoms with Gasteiger partial charge in [-0.25, -0.2) is 9.37 Å². The first kappa shape index (κ1) is 11.6. The highest BCUT2D eigenvalue weighted by atomic mass is 19.2. The highest BCUT2D eigenvalue weighted by Crippen LogP contribution is 2.29. The predicted octanol–water partition coefficient (Wildman–Crippen LogP) is 2.96. The maximum atomic E-state index is 13.5. The summed E-state index contributed by atoms with van der Waals surface area (Å²) in [5.74, 6) is -1.23. The molecular weight excluding hydrogens is 238 g/mol. The summed E-state index contributed by atoms with van der Waals surface area (Å²) < 4.78 is 32.0. The zero-order valence-corrected chi connectivity index (χ0v) is 10.0. The van der Waals surface area contributed by atoms with Gasteiger partial charge in [0, 0.05) is 18.5 Å². The number of fused-ring (bicyclic) bond motifs is 1. The van der Waals surface area contributed by atoms with Crippen LogP contribution < -0.4 is 5.32 Å². The highest BCUT2D eigenvalue weighted by Gasteiger charge is 2.24. The molecule has 1 aliphatic rings. The first-order valence-corrected chi connectivity index (χ1v) is 6.13. The van der Waals surface area contributed by atoms with E-state index in [2.05, 4.69) is 17.2 Å². The molecule has 1 aromatic heterocycles. The topological polar surface area (TPSA) is 38.1 Å². The van der Waals surface area contributed by atoms with Gasteiger partial charge in [-0.3, -0.25) is 0 Å². The summed E-state index contributed by atoms with van der Waals surface area (Å²) in [6, 6.07) is 3.00. The van der Waals surface area contributed by atoms with Crippen molar-refractivity contribution in [3.63, 3.8) is 0 Å². The third-order valence-corrected chi connectivity index (χ3v) is 3.48. The van der Waals surface area contributed by atoms with Crippen molar-refractivity contribution in [3.05, 3.63) is 29.7 Å². The van der Waals surface area contributed by atoms with E-state index in [1.54, 1.807) is 0 Å². The van der Waals surface area contributed by atoms with Gasteiger partial charge in [-0.2, -0.15) is 4.39 Å². The van der Waals surface area contributed by atoms with Gasteiger partial charge in [-0.1, -0.05) is 0 Å². The molecule has 2 aromatic rings. The van der Waals surface area contributed by atoms with E-state index in [0.717, 1.165) is 25.5 Å². The number of oxazole rings is 1. The van der Waals surface area contributed by atoms with E-state index in [1.165, 1.54) is 6.07 Å². The number of nitrogens with zero attached hydrogens (tertiary/aromatic N) is 1. The fourth-order valence-corrected chi connectivity index (χ4v) is 2.34. The second-order valence-electron chi connectivity index (χ2n) is 4.85. The van der Waals surface area contributed by atoms with Gasteiger partial charge in [0.1, 0.15) is 5.52 Å².